The molecule has 0 radical (unpaired) electrons. The van der Waals surface area contributed by atoms with Crippen LogP contribution in [-0.4, -0.2) is 56.9 Å². The Morgan fingerprint density at radius 1 is 1.29 bits per heavy atom. The summed E-state index contributed by atoms with van der Waals surface area (Å²) >= 11 is 0. The van der Waals surface area contributed by atoms with Crippen LogP contribution in [0.1, 0.15) is 25.8 Å². The lowest BCUT2D eigenvalue weighted by atomic mass is 10.1. The maximum Gasteiger partial charge on any atom is 0.419 e. The van der Waals surface area contributed by atoms with Crippen LogP contribution in [0.3, 0.4) is 0 Å². The van der Waals surface area contributed by atoms with Gasteiger partial charge in [0.1, 0.15) is 12.4 Å². The number of guanidine groups is 1. The summed E-state index contributed by atoms with van der Waals surface area (Å²) in [5.41, 5.74) is -0.765. The molecule has 1 atom stereocenters. The zero-order valence-electron chi connectivity index (χ0n) is 16.3. The lowest BCUT2D eigenvalue weighted by Gasteiger charge is -2.21. The molecule has 1 fully saturated rings. The number of alkyl halides is 3. The van der Waals surface area contributed by atoms with Crippen molar-refractivity contribution in [3.63, 3.8) is 0 Å². The van der Waals surface area contributed by atoms with Gasteiger partial charge in [-0.05, 0) is 32.4 Å². The molecule has 1 aliphatic rings. The third-order valence-electron chi connectivity index (χ3n) is 4.28. The zero-order chi connectivity index (χ0) is 19.7. The molecule has 1 aromatic carbocycles. The van der Waals surface area contributed by atoms with E-state index >= 15 is 0 Å². The molecule has 1 saturated heterocycles. The fourth-order valence-electron chi connectivity index (χ4n) is 3.01. The monoisotopic (exact) mass is 515 g/mol. The quantitative estimate of drug-likeness (QED) is 0.246. The number of hydrogen-bond acceptors (Lipinski definition) is 3. The molecule has 1 heterocycles. The van der Waals surface area contributed by atoms with Crippen molar-refractivity contribution in [1.29, 1.82) is 0 Å². The van der Waals surface area contributed by atoms with Crippen molar-refractivity contribution in [3.05, 3.63) is 29.8 Å². The van der Waals surface area contributed by atoms with Crippen molar-refractivity contribution in [2.24, 2.45) is 10.9 Å². The van der Waals surface area contributed by atoms with E-state index in [1.165, 1.54) is 18.2 Å². The number of nitrogens with zero attached hydrogens (tertiary/aromatic N) is 2. The standard InChI is InChI=1S/C19H28F3N3O2.HI/c1-3-23-18(25-11-9-15(13-25)14-26-4-2)24-10-12-27-17-8-6-5-7-16(17)19(20,21)22;/h5-8,15H,3-4,9-14H2,1-2H3,(H,23,24);1H. The molecule has 1 unspecified atom stereocenters. The third-order valence-corrected chi connectivity index (χ3v) is 4.28. The van der Waals surface area contributed by atoms with Gasteiger partial charge in [-0.1, -0.05) is 12.1 Å². The van der Waals surface area contributed by atoms with Crippen molar-refractivity contribution >= 4 is 29.9 Å². The van der Waals surface area contributed by atoms with Gasteiger partial charge in [-0.25, -0.2) is 4.99 Å². The molecule has 1 aliphatic heterocycles. The van der Waals surface area contributed by atoms with Gasteiger partial charge in [0.25, 0.3) is 0 Å². The second-order valence-corrected chi connectivity index (χ2v) is 6.34. The Bertz CT molecular complexity index is 614. The van der Waals surface area contributed by atoms with Crippen molar-refractivity contribution in [2.75, 3.05) is 46.0 Å². The Morgan fingerprint density at radius 3 is 2.71 bits per heavy atom. The van der Waals surface area contributed by atoms with Gasteiger partial charge in [-0.2, -0.15) is 13.2 Å². The van der Waals surface area contributed by atoms with Gasteiger partial charge in [0, 0.05) is 32.2 Å². The summed E-state index contributed by atoms with van der Waals surface area (Å²) in [5.74, 6) is 1.08. The van der Waals surface area contributed by atoms with E-state index in [0.29, 0.717) is 12.5 Å². The molecule has 0 bridgehead atoms. The molecule has 2 rings (SSSR count). The lowest BCUT2D eigenvalue weighted by molar-refractivity contribution is -0.138. The first-order chi connectivity index (χ1) is 13.0. The Kier molecular flexibility index (Phi) is 10.9. The molecule has 0 aliphatic carbocycles. The lowest BCUT2D eigenvalue weighted by Crippen LogP contribution is -2.40. The van der Waals surface area contributed by atoms with E-state index < -0.39 is 11.7 Å². The number of halogens is 4. The summed E-state index contributed by atoms with van der Waals surface area (Å²) in [6, 6.07) is 5.23. The molecular formula is C19H29F3IN3O2. The average molecular weight is 515 g/mol. The van der Waals surface area contributed by atoms with Crippen LogP contribution in [0.4, 0.5) is 13.2 Å². The predicted molar refractivity (Wildman–Crippen MR) is 115 cm³/mol. The summed E-state index contributed by atoms with van der Waals surface area (Å²) in [5, 5.41) is 3.24. The zero-order valence-corrected chi connectivity index (χ0v) is 18.6. The number of likely N-dealkylation sites (tertiary alicyclic amines) is 1. The van der Waals surface area contributed by atoms with E-state index in [9.17, 15) is 13.2 Å². The average Bonchev–Trinajstić information content (AvgIpc) is 3.11. The topological polar surface area (TPSA) is 46.1 Å². The summed E-state index contributed by atoms with van der Waals surface area (Å²) in [7, 11) is 0. The van der Waals surface area contributed by atoms with Crippen molar-refractivity contribution < 1.29 is 22.6 Å². The van der Waals surface area contributed by atoms with E-state index in [1.54, 1.807) is 0 Å². The van der Waals surface area contributed by atoms with Crippen LogP contribution >= 0.6 is 24.0 Å². The number of rotatable bonds is 8. The highest BCUT2D eigenvalue weighted by atomic mass is 127. The molecule has 0 aromatic heterocycles. The highest BCUT2D eigenvalue weighted by Gasteiger charge is 2.34. The van der Waals surface area contributed by atoms with Crippen molar-refractivity contribution in [2.45, 2.75) is 26.4 Å². The van der Waals surface area contributed by atoms with Gasteiger partial charge >= 0.3 is 6.18 Å². The first-order valence-electron chi connectivity index (χ1n) is 9.35. The van der Waals surface area contributed by atoms with Gasteiger partial charge < -0.3 is 19.7 Å². The van der Waals surface area contributed by atoms with E-state index in [1.807, 2.05) is 13.8 Å². The van der Waals surface area contributed by atoms with Crippen LogP contribution < -0.4 is 10.1 Å². The van der Waals surface area contributed by atoms with E-state index in [0.717, 1.165) is 44.7 Å². The second-order valence-electron chi connectivity index (χ2n) is 6.34. The number of ether oxygens (including phenoxy) is 2. The number of hydrogen-bond donors (Lipinski definition) is 1. The van der Waals surface area contributed by atoms with Crippen LogP contribution in [-0.2, 0) is 10.9 Å². The summed E-state index contributed by atoms with van der Waals surface area (Å²) in [6.07, 6.45) is -3.39. The second kappa shape index (κ2) is 12.4. The fourth-order valence-corrected chi connectivity index (χ4v) is 3.01. The molecule has 28 heavy (non-hydrogen) atoms. The van der Waals surface area contributed by atoms with Crippen LogP contribution in [0, 0.1) is 5.92 Å². The molecular weight excluding hydrogens is 486 g/mol. The van der Waals surface area contributed by atoms with E-state index in [2.05, 4.69) is 15.2 Å². The number of aliphatic imine (C=N–C) groups is 1. The molecule has 0 spiro atoms. The Morgan fingerprint density at radius 2 is 2.04 bits per heavy atom. The van der Waals surface area contributed by atoms with Crippen molar-refractivity contribution in [1.82, 2.24) is 10.2 Å². The first kappa shape index (κ1) is 24.8. The minimum Gasteiger partial charge on any atom is -0.491 e. The molecule has 1 aromatic rings. The third kappa shape index (κ3) is 7.65. The van der Waals surface area contributed by atoms with Gasteiger partial charge in [-0.15, -0.1) is 24.0 Å². The number of para-hydroxylation sites is 1. The van der Waals surface area contributed by atoms with Gasteiger partial charge in [0.15, 0.2) is 5.96 Å². The Labute approximate surface area is 181 Å². The molecule has 0 amide bonds. The summed E-state index contributed by atoms with van der Waals surface area (Å²) in [4.78, 5) is 6.67. The van der Waals surface area contributed by atoms with Crippen LogP contribution in [0.25, 0.3) is 0 Å². The maximum atomic E-state index is 13.0. The van der Waals surface area contributed by atoms with Crippen LogP contribution in [0.2, 0.25) is 0 Å². The molecule has 0 saturated carbocycles. The molecule has 5 nitrogen and oxygen atoms in total. The summed E-state index contributed by atoms with van der Waals surface area (Å²) in [6.45, 7) is 8.26. The Hall–Kier alpha value is -1.23. The van der Waals surface area contributed by atoms with Gasteiger partial charge in [-0.3, -0.25) is 0 Å². The number of benzene rings is 1. The fraction of sp³-hybridized carbons (Fsp3) is 0.632. The van der Waals surface area contributed by atoms with Gasteiger partial charge in [0.05, 0.1) is 18.7 Å². The highest BCUT2D eigenvalue weighted by molar-refractivity contribution is 14.0. The maximum absolute atomic E-state index is 13.0. The summed E-state index contributed by atoms with van der Waals surface area (Å²) < 4.78 is 49.8. The molecule has 1 N–H and O–H groups in total. The smallest absolute Gasteiger partial charge is 0.419 e. The normalized spacial score (nSPS) is 17.4. The van der Waals surface area contributed by atoms with Crippen LogP contribution in [0.15, 0.2) is 29.3 Å². The molecule has 160 valence electrons. The van der Waals surface area contributed by atoms with E-state index in [4.69, 9.17) is 9.47 Å². The highest BCUT2D eigenvalue weighted by Crippen LogP contribution is 2.35. The van der Waals surface area contributed by atoms with Gasteiger partial charge in [0.2, 0.25) is 0 Å². The number of nitrogens with one attached hydrogen (secondary N) is 1. The van der Waals surface area contributed by atoms with E-state index in [-0.39, 0.29) is 42.9 Å². The minimum absolute atomic E-state index is 0. The predicted octanol–water partition coefficient (Wildman–Crippen LogP) is 4.03. The minimum atomic E-state index is -4.43. The SMILES string of the molecule is CCNC(=NCCOc1ccccc1C(F)(F)F)N1CCC(COCC)C1.I. The first-order valence-corrected chi connectivity index (χ1v) is 9.35. The van der Waals surface area contributed by atoms with Crippen LogP contribution in [0.5, 0.6) is 5.75 Å². The van der Waals surface area contributed by atoms with Crippen molar-refractivity contribution in [3.8, 4) is 5.75 Å². The Balaban J connectivity index is 0.00000392. The molecule has 9 heteroatoms. The largest absolute Gasteiger partial charge is 0.491 e.